The number of methoxy groups -OCH3 is 1. The highest BCUT2D eigenvalue weighted by atomic mass is 32.2. The van der Waals surface area contributed by atoms with Gasteiger partial charge in [0, 0.05) is 28.5 Å². The molecule has 0 bridgehead atoms. The van der Waals surface area contributed by atoms with Gasteiger partial charge in [-0.05, 0) is 18.2 Å². The van der Waals surface area contributed by atoms with E-state index in [0.717, 1.165) is 22.2 Å². The van der Waals surface area contributed by atoms with Crippen LogP contribution in [0.4, 0.5) is 5.82 Å². The minimum atomic E-state index is -0.707. The van der Waals surface area contributed by atoms with Crippen molar-refractivity contribution < 1.29 is 14.9 Å². The van der Waals surface area contributed by atoms with Gasteiger partial charge in [0.25, 0.3) is 0 Å². The van der Waals surface area contributed by atoms with Crippen molar-refractivity contribution in [3.8, 4) is 5.75 Å². The topological polar surface area (TPSA) is 101 Å². The SMILES string of the molecule is COc1ccc2cc(CSCC(O)CO)c(NN)nc2c1. The number of hydrogen-bond donors (Lipinski definition) is 4. The van der Waals surface area contributed by atoms with Gasteiger partial charge in [-0.15, -0.1) is 0 Å². The summed E-state index contributed by atoms with van der Waals surface area (Å²) in [7, 11) is 1.61. The quantitative estimate of drug-likeness (QED) is 0.449. The van der Waals surface area contributed by atoms with Crippen LogP contribution in [0.3, 0.4) is 0 Å². The average Bonchev–Trinajstić information content (AvgIpc) is 2.53. The molecule has 0 aliphatic rings. The van der Waals surface area contributed by atoms with E-state index in [-0.39, 0.29) is 6.61 Å². The Bertz CT molecular complexity index is 609. The van der Waals surface area contributed by atoms with Gasteiger partial charge >= 0.3 is 0 Å². The summed E-state index contributed by atoms with van der Waals surface area (Å²) in [5.41, 5.74) is 4.35. The van der Waals surface area contributed by atoms with Gasteiger partial charge in [0.2, 0.25) is 0 Å². The summed E-state index contributed by atoms with van der Waals surface area (Å²) in [6.07, 6.45) is -0.707. The molecule has 5 N–H and O–H groups in total. The molecular weight excluding hydrogens is 290 g/mol. The highest BCUT2D eigenvalue weighted by Crippen LogP contribution is 2.26. The van der Waals surface area contributed by atoms with Gasteiger partial charge < -0.3 is 20.4 Å². The van der Waals surface area contributed by atoms with Crippen LogP contribution in [-0.4, -0.2) is 40.8 Å². The lowest BCUT2D eigenvalue weighted by molar-refractivity contribution is 0.113. The first-order valence-electron chi connectivity index (χ1n) is 6.49. The van der Waals surface area contributed by atoms with Gasteiger partial charge in [-0.25, -0.2) is 10.8 Å². The summed E-state index contributed by atoms with van der Waals surface area (Å²) in [5.74, 6) is 7.97. The summed E-state index contributed by atoms with van der Waals surface area (Å²) < 4.78 is 5.18. The van der Waals surface area contributed by atoms with Gasteiger partial charge in [0.05, 0.1) is 25.3 Å². The number of hydrogen-bond acceptors (Lipinski definition) is 7. The van der Waals surface area contributed by atoms with Crippen molar-refractivity contribution in [2.45, 2.75) is 11.9 Å². The average molecular weight is 309 g/mol. The fourth-order valence-corrected chi connectivity index (χ4v) is 2.85. The summed E-state index contributed by atoms with van der Waals surface area (Å²) in [6.45, 7) is -0.231. The zero-order valence-corrected chi connectivity index (χ0v) is 12.6. The number of nitrogen functional groups attached to an aromatic ring is 1. The van der Waals surface area contributed by atoms with Crippen molar-refractivity contribution in [1.82, 2.24) is 4.98 Å². The second-order valence-electron chi connectivity index (χ2n) is 4.55. The highest BCUT2D eigenvalue weighted by molar-refractivity contribution is 7.98. The molecule has 7 heteroatoms. The monoisotopic (exact) mass is 309 g/mol. The summed E-state index contributed by atoms with van der Waals surface area (Å²) in [6, 6.07) is 7.68. The van der Waals surface area contributed by atoms with Gasteiger partial charge in [-0.3, -0.25) is 0 Å². The van der Waals surface area contributed by atoms with Crippen LogP contribution in [-0.2, 0) is 5.75 Å². The van der Waals surface area contributed by atoms with Crippen molar-refractivity contribution in [3.63, 3.8) is 0 Å². The van der Waals surface area contributed by atoms with E-state index in [1.165, 1.54) is 11.8 Å². The van der Waals surface area contributed by atoms with Crippen LogP contribution >= 0.6 is 11.8 Å². The normalized spacial score (nSPS) is 12.4. The van der Waals surface area contributed by atoms with E-state index in [1.807, 2.05) is 24.3 Å². The van der Waals surface area contributed by atoms with Crippen molar-refractivity contribution in [2.24, 2.45) is 5.84 Å². The number of aliphatic hydroxyl groups is 2. The lowest BCUT2D eigenvalue weighted by Gasteiger charge is -2.11. The van der Waals surface area contributed by atoms with E-state index in [4.69, 9.17) is 15.7 Å². The predicted molar refractivity (Wildman–Crippen MR) is 85.4 cm³/mol. The Kier molecular flexibility index (Phi) is 5.63. The lowest BCUT2D eigenvalue weighted by atomic mass is 10.1. The van der Waals surface area contributed by atoms with Crippen LogP contribution in [0.5, 0.6) is 5.75 Å². The number of nitrogens with one attached hydrogen (secondary N) is 1. The maximum atomic E-state index is 9.35. The van der Waals surface area contributed by atoms with Crippen molar-refractivity contribution in [1.29, 1.82) is 0 Å². The number of thioether (sulfide) groups is 1. The van der Waals surface area contributed by atoms with Crippen molar-refractivity contribution in [3.05, 3.63) is 29.8 Å². The first-order chi connectivity index (χ1) is 10.2. The van der Waals surface area contributed by atoms with E-state index >= 15 is 0 Å². The number of aromatic nitrogens is 1. The largest absolute Gasteiger partial charge is 0.497 e. The Labute approximate surface area is 127 Å². The van der Waals surface area contributed by atoms with Crippen LogP contribution in [0.25, 0.3) is 10.9 Å². The molecule has 0 spiro atoms. The molecule has 0 radical (unpaired) electrons. The minimum Gasteiger partial charge on any atom is -0.497 e. The Hall–Kier alpha value is -1.54. The minimum absolute atomic E-state index is 0.231. The molecule has 1 unspecified atom stereocenters. The number of fused-ring (bicyclic) bond motifs is 1. The number of ether oxygens (including phenoxy) is 1. The molecular formula is C14H19N3O3S. The fourth-order valence-electron chi connectivity index (χ4n) is 1.91. The summed E-state index contributed by atoms with van der Waals surface area (Å²) >= 11 is 1.51. The number of pyridine rings is 1. The Balaban J connectivity index is 2.22. The van der Waals surface area contributed by atoms with E-state index in [0.29, 0.717) is 17.3 Å². The van der Waals surface area contributed by atoms with Crippen molar-refractivity contribution >= 4 is 28.5 Å². The molecule has 0 saturated heterocycles. The van der Waals surface area contributed by atoms with Gasteiger partial charge in [0.1, 0.15) is 11.6 Å². The molecule has 1 heterocycles. The zero-order valence-electron chi connectivity index (χ0n) is 11.7. The lowest BCUT2D eigenvalue weighted by Crippen LogP contribution is -2.15. The Morgan fingerprint density at radius 3 is 2.90 bits per heavy atom. The maximum absolute atomic E-state index is 9.35. The fraction of sp³-hybridized carbons (Fsp3) is 0.357. The van der Waals surface area contributed by atoms with Crippen LogP contribution in [0, 0.1) is 0 Å². The molecule has 2 rings (SSSR count). The molecule has 114 valence electrons. The molecule has 0 fully saturated rings. The second kappa shape index (κ2) is 7.46. The molecule has 6 nitrogen and oxygen atoms in total. The molecule has 1 aromatic carbocycles. The van der Waals surface area contributed by atoms with Crippen LogP contribution in [0.15, 0.2) is 24.3 Å². The summed E-state index contributed by atoms with van der Waals surface area (Å²) in [5, 5.41) is 19.1. The van der Waals surface area contributed by atoms with E-state index < -0.39 is 6.10 Å². The molecule has 1 aromatic heterocycles. The number of hydrazine groups is 1. The number of nitrogens with two attached hydrogens (primary N) is 1. The molecule has 2 aromatic rings. The third-order valence-electron chi connectivity index (χ3n) is 3.02. The van der Waals surface area contributed by atoms with E-state index in [2.05, 4.69) is 10.4 Å². The third-order valence-corrected chi connectivity index (χ3v) is 4.15. The third kappa shape index (κ3) is 3.98. The Morgan fingerprint density at radius 1 is 1.43 bits per heavy atom. The first kappa shape index (κ1) is 15.8. The van der Waals surface area contributed by atoms with E-state index in [9.17, 15) is 5.11 Å². The highest BCUT2D eigenvalue weighted by Gasteiger charge is 2.09. The molecule has 0 aliphatic heterocycles. The number of benzene rings is 1. The van der Waals surface area contributed by atoms with Gasteiger partial charge in [-0.1, -0.05) is 0 Å². The first-order valence-corrected chi connectivity index (χ1v) is 7.64. The Morgan fingerprint density at radius 2 is 2.24 bits per heavy atom. The van der Waals surface area contributed by atoms with Crippen molar-refractivity contribution in [2.75, 3.05) is 24.9 Å². The van der Waals surface area contributed by atoms with Crippen LogP contribution < -0.4 is 16.0 Å². The molecule has 21 heavy (non-hydrogen) atoms. The van der Waals surface area contributed by atoms with E-state index in [1.54, 1.807) is 7.11 Å². The predicted octanol–water partition coefficient (Wildman–Crippen LogP) is 1.12. The van der Waals surface area contributed by atoms with Crippen LogP contribution in [0.2, 0.25) is 0 Å². The van der Waals surface area contributed by atoms with Gasteiger partial charge in [-0.2, -0.15) is 11.8 Å². The zero-order chi connectivity index (χ0) is 15.2. The molecule has 1 atom stereocenters. The van der Waals surface area contributed by atoms with Crippen LogP contribution in [0.1, 0.15) is 5.56 Å². The maximum Gasteiger partial charge on any atom is 0.144 e. The molecule has 0 aliphatic carbocycles. The second-order valence-corrected chi connectivity index (χ2v) is 5.58. The number of anilines is 1. The standard InChI is InChI=1S/C14H19N3O3S/c1-20-12-3-2-9-4-10(7-21-8-11(19)6-18)14(17-15)16-13(9)5-12/h2-5,11,18-19H,6-8,15H2,1H3,(H,16,17). The molecule has 0 amide bonds. The van der Waals surface area contributed by atoms with Gasteiger partial charge in [0.15, 0.2) is 0 Å². The molecule has 0 saturated carbocycles. The smallest absolute Gasteiger partial charge is 0.144 e. The number of nitrogens with zero attached hydrogens (tertiary/aromatic N) is 1. The number of aliphatic hydroxyl groups excluding tert-OH is 2. The number of rotatable bonds is 7. The summed E-state index contributed by atoms with van der Waals surface area (Å²) in [4.78, 5) is 4.48.